The molecule has 194 valence electrons. The third-order valence-electron chi connectivity index (χ3n) is 5.75. The molecule has 0 aliphatic carbocycles. The fraction of sp³-hybridized carbons (Fsp3) is 0.828. The lowest BCUT2D eigenvalue weighted by molar-refractivity contribution is -0.154. The van der Waals surface area contributed by atoms with Gasteiger partial charge >= 0.3 is 5.97 Å². The molecule has 0 aliphatic rings. The van der Waals surface area contributed by atoms with Gasteiger partial charge in [-0.15, -0.1) is 0 Å². The van der Waals surface area contributed by atoms with E-state index in [9.17, 15) is 9.90 Å². The molecule has 1 atom stereocenters. The van der Waals surface area contributed by atoms with Crippen molar-refractivity contribution < 1.29 is 19.4 Å². The van der Waals surface area contributed by atoms with Crippen molar-refractivity contribution in [2.24, 2.45) is 0 Å². The molecule has 1 N–H and O–H groups in total. The lowest BCUT2D eigenvalue weighted by Crippen LogP contribution is -2.27. The predicted molar refractivity (Wildman–Crippen MR) is 141 cm³/mol. The molecule has 4 heteroatoms. The summed E-state index contributed by atoms with van der Waals surface area (Å²) in [7, 11) is 0. The minimum atomic E-state index is -0.526. The molecule has 1 unspecified atom stereocenters. The van der Waals surface area contributed by atoms with Gasteiger partial charge in [-0.25, -0.2) is 0 Å². The van der Waals surface area contributed by atoms with E-state index in [2.05, 4.69) is 31.2 Å². The first-order valence-corrected chi connectivity index (χ1v) is 13.9. The molecule has 0 saturated heterocycles. The number of carbonyl (C=O) groups excluding carboxylic acids is 1. The van der Waals surface area contributed by atoms with Crippen molar-refractivity contribution in [3.63, 3.8) is 0 Å². The Morgan fingerprint density at radius 2 is 1.27 bits per heavy atom. The Balaban J connectivity index is 3.29. The maximum Gasteiger partial charge on any atom is 0.306 e. The Hall–Kier alpha value is -1.13. The van der Waals surface area contributed by atoms with Crippen molar-refractivity contribution in [2.75, 3.05) is 19.8 Å². The summed E-state index contributed by atoms with van der Waals surface area (Å²) in [6.45, 7) is 4.97. The molecule has 0 bridgehead atoms. The van der Waals surface area contributed by atoms with E-state index in [4.69, 9.17) is 9.47 Å². The summed E-state index contributed by atoms with van der Waals surface area (Å²) < 4.78 is 10.7. The summed E-state index contributed by atoms with van der Waals surface area (Å²) in [4.78, 5) is 11.4. The van der Waals surface area contributed by atoms with Crippen molar-refractivity contribution in [2.45, 2.75) is 136 Å². The molecule has 0 aliphatic heterocycles. The van der Waals surface area contributed by atoms with Gasteiger partial charge in [-0.2, -0.15) is 0 Å². The first-order chi connectivity index (χ1) is 16.2. The van der Waals surface area contributed by atoms with E-state index in [1.165, 1.54) is 89.9 Å². The number of hydrogen-bond donors (Lipinski definition) is 1. The first-order valence-electron chi connectivity index (χ1n) is 13.9. The van der Waals surface area contributed by atoms with Gasteiger partial charge in [-0.05, 0) is 44.9 Å². The standard InChI is InChI=1S/C29H54O4/c1-3-5-6-7-8-9-10-11-12-13-14-15-16-17-18-19-20-21-22-23-25-32-27-28(26-30)33-29(31)24-4-2/h8-9,11-12,28,30H,3-7,10,13-27H2,1-2H3/b9-8-,12-11-. The molecule has 0 aromatic heterocycles. The van der Waals surface area contributed by atoms with Crippen molar-refractivity contribution in [3.8, 4) is 0 Å². The number of allylic oxidation sites excluding steroid dienone is 4. The second-order valence-electron chi connectivity index (χ2n) is 9.12. The van der Waals surface area contributed by atoms with Gasteiger partial charge in [-0.3, -0.25) is 4.79 Å². The number of unbranched alkanes of at least 4 members (excludes halogenated alkanes) is 13. The molecule has 0 radical (unpaired) electrons. The summed E-state index contributed by atoms with van der Waals surface area (Å²) in [5.41, 5.74) is 0. The summed E-state index contributed by atoms with van der Waals surface area (Å²) in [5, 5.41) is 9.25. The average molecular weight is 467 g/mol. The van der Waals surface area contributed by atoms with E-state index in [0.717, 1.165) is 19.3 Å². The van der Waals surface area contributed by atoms with Crippen molar-refractivity contribution in [1.29, 1.82) is 0 Å². The number of hydrogen-bond acceptors (Lipinski definition) is 4. The zero-order valence-electron chi connectivity index (χ0n) is 21.9. The number of carbonyl (C=O) groups is 1. The molecule has 0 aromatic rings. The van der Waals surface area contributed by atoms with Crippen LogP contribution in [0.15, 0.2) is 24.3 Å². The Kier molecular flexibility index (Phi) is 26.2. The zero-order chi connectivity index (χ0) is 24.2. The third kappa shape index (κ3) is 25.3. The second-order valence-corrected chi connectivity index (χ2v) is 9.12. The average Bonchev–Trinajstić information content (AvgIpc) is 2.81. The van der Waals surface area contributed by atoms with Crippen LogP contribution in [0, 0.1) is 0 Å². The second kappa shape index (κ2) is 27.1. The third-order valence-corrected chi connectivity index (χ3v) is 5.75. The Morgan fingerprint density at radius 3 is 1.82 bits per heavy atom. The van der Waals surface area contributed by atoms with Gasteiger partial charge in [0.15, 0.2) is 0 Å². The van der Waals surface area contributed by atoms with Crippen LogP contribution in [0.5, 0.6) is 0 Å². The highest BCUT2D eigenvalue weighted by Crippen LogP contribution is 2.12. The lowest BCUT2D eigenvalue weighted by Gasteiger charge is -2.15. The zero-order valence-corrected chi connectivity index (χ0v) is 21.9. The Morgan fingerprint density at radius 1 is 0.727 bits per heavy atom. The van der Waals surface area contributed by atoms with E-state index in [1.807, 2.05) is 6.92 Å². The first kappa shape index (κ1) is 31.9. The molecule has 4 nitrogen and oxygen atoms in total. The topological polar surface area (TPSA) is 55.8 Å². The number of aliphatic hydroxyl groups is 1. The molecule has 0 spiro atoms. The van der Waals surface area contributed by atoms with Crippen LogP contribution in [-0.4, -0.2) is 37.0 Å². The summed E-state index contributed by atoms with van der Waals surface area (Å²) >= 11 is 0. The van der Waals surface area contributed by atoms with E-state index in [-0.39, 0.29) is 19.2 Å². The summed E-state index contributed by atoms with van der Waals surface area (Å²) in [5.74, 6) is -0.256. The van der Waals surface area contributed by atoms with Gasteiger partial charge in [0.05, 0.1) is 13.2 Å². The van der Waals surface area contributed by atoms with Crippen LogP contribution < -0.4 is 0 Å². The number of esters is 1. The van der Waals surface area contributed by atoms with Crippen LogP contribution in [0.4, 0.5) is 0 Å². The van der Waals surface area contributed by atoms with E-state index in [0.29, 0.717) is 13.0 Å². The van der Waals surface area contributed by atoms with E-state index < -0.39 is 6.10 Å². The normalized spacial score (nSPS) is 12.7. The summed E-state index contributed by atoms with van der Waals surface area (Å²) in [6.07, 6.45) is 30.4. The molecular formula is C29H54O4. The van der Waals surface area contributed by atoms with E-state index in [1.54, 1.807) is 0 Å². The van der Waals surface area contributed by atoms with Crippen molar-refractivity contribution in [3.05, 3.63) is 24.3 Å². The molecule has 0 heterocycles. The fourth-order valence-electron chi connectivity index (χ4n) is 3.69. The SMILES string of the molecule is CCCCC/C=C\C/C=C\CCCCCCCCCCCCOCC(CO)OC(=O)CCC. The maximum absolute atomic E-state index is 11.4. The summed E-state index contributed by atoms with van der Waals surface area (Å²) in [6, 6.07) is 0. The van der Waals surface area contributed by atoms with Gasteiger partial charge in [0, 0.05) is 13.0 Å². The largest absolute Gasteiger partial charge is 0.457 e. The quantitative estimate of drug-likeness (QED) is 0.0839. The predicted octanol–water partition coefficient (Wildman–Crippen LogP) is 8.08. The van der Waals surface area contributed by atoms with Gasteiger partial charge in [-0.1, -0.05) is 102 Å². The van der Waals surface area contributed by atoms with Gasteiger partial charge in [0.1, 0.15) is 6.10 Å². The minimum absolute atomic E-state index is 0.178. The number of aliphatic hydroxyl groups excluding tert-OH is 1. The molecule has 0 fully saturated rings. The molecule has 33 heavy (non-hydrogen) atoms. The monoisotopic (exact) mass is 466 g/mol. The van der Waals surface area contributed by atoms with Gasteiger partial charge < -0.3 is 14.6 Å². The maximum atomic E-state index is 11.4. The van der Waals surface area contributed by atoms with Gasteiger partial charge in [0.2, 0.25) is 0 Å². The molecular weight excluding hydrogens is 412 g/mol. The molecule has 0 aromatic carbocycles. The van der Waals surface area contributed by atoms with Crippen LogP contribution in [0.2, 0.25) is 0 Å². The molecule has 0 amide bonds. The number of rotatable bonds is 25. The van der Waals surface area contributed by atoms with Crippen molar-refractivity contribution in [1.82, 2.24) is 0 Å². The Bertz CT molecular complexity index is 459. The van der Waals surface area contributed by atoms with Crippen LogP contribution in [0.3, 0.4) is 0 Å². The fourth-order valence-corrected chi connectivity index (χ4v) is 3.69. The number of ether oxygens (including phenoxy) is 2. The molecule has 0 rings (SSSR count). The highest BCUT2D eigenvalue weighted by Gasteiger charge is 2.12. The van der Waals surface area contributed by atoms with Crippen LogP contribution in [-0.2, 0) is 14.3 Å². The lowest BCUT2D eigenvalue weighted by atomic mass is 10.1. The highest BCUT2D eigenvalue weighted by atomic mass is 16.6. The van der Waals surface area contributed by atoms with E-state index >= 15 is 0 Å². The highest BCUT2D eigenvalue weighted by molar-refractivity contribution is 5.69. The smallest absolute Gasteiger partial charge is 0.306 e. The van der Waals surface area contributed by atoms with Gasteiger partial charge in [0.25, 0.3) is 0 Å². The Labute approximate surface area is 205 Å². The van der Waals surface area contributed by atoms with Crippen LogP contribution in [0.25, 0.3) is 0 Å². The van der Waals surface area contributed by atoms with Crippen LogP contribution >= 0.6 is 0 Å². The minimum Gasteiger partial charge on any atom is -0.457 e. The van der Waals surface area contributed by atoms with Crippen LogP contribution in [0.1, 0.15) is 129 Å². The van der Waals surface area contributed by atoms with Crippen molar-refractivity contribution >= 4 is 5.97 Å². The molecule has 0 saturated carbocycles.